The Morgan fingerprint density at radius 2 is 2.09 bits per heavy atom. The molecule has 1 aromatic heterocycles. The number of likely N-dealkylation sites (N-methyl/N-ethyl adjacent to an activating group) is 1. The Kier molecular flexibility index (Phi) is 4.98. The zero-order valence-corrected chi connectivity index (χ0v) is 13.4. The van der Waals surface area contributed by atoms with E-state index in [9.17, 15) is 4.79 Å². The molecule has 0 radical (unpaired) electrons. The lowest BCUT2D eigenvalue weighted by atomic mass is 10.2. The second-order valence-corrected chi connectivity index (χ2v) is 5.54. The highest BCUT2D eigenvalue weighted by Crippen LogP contribution is 2.16. The van der Waals surface area contributed by atoms with Gasteiger partial charge in [0.25, 0.3) is 5.91 Å². The number of nitrogens with zero attached hydrogens (tertiary/aromatic N) is 4. The second kappa shape index (κ2) is 6.94. The van der Waals surface area contributed by atoms with E-state index in [0.29, 0.717) is 23.4 Å². The number of carbonyl (C=O) groups is 1. The molecule has 2 rings (SSSR count). The Balaban J connectivity index is 2.09. The predicted molar refractivity (Wildman–Crippen MR) is 88.2 cm³/mol. The number of benzene rings is 1. The summed E-state index contributed by atoms with van der Waals surface area (Å²) in [5, 5.41) is 15.9. The van der Waals surface area contributed by atoms with Gasteiger partial charge in [0.05, 0.1) is 11.9 Å². The number of nitrogens with two attached hydrogens (primary N) is 1. The van der Waals surface area contributed by atoms with E-state index in [-0.39, 0.29) is 17.8 Å². The molecule has 1 atom stereocenters. The maximum absolute atomic E-state index is 12.1. The molecule has 0 aliphatic carbocycles. The summed E-state index contributed by atoms with van der Waals surface area (Å²) >= 11 is 0. The van der Waals surface area contributed by atoms with Gasteiger partial charge in [-0.1, -0.05) is 0 Å². The molecule has 0 aliphatic heterocycles. The van der Waals surface area contributed by atoms with Crippen molar-refractivity contribution in [3.8, 4) is 11.8 Å². The summed E-state index contributed by atoms with van der Waals surface area (Å²) in [4.78, 5) is 14.2. The van der Waals surface area contributed by atoms with Crippen molar-refractivity contribution in [1.29, 1.82) is 5.26 Å². The molecule has 1 heterocycles. The van der Waals surface area contributed by atoms with Gasteiger partial charge in [-0.05, 0) is 45.3 Å². The van der Waals surface area contributed by atoms with Crippen molar-refractivity contribution in [3.63, 3.8) is 0 Å². The number of rotatable bonds is 5. The lowest BCUT2D eigenvalue weighted by Crippen LogP contribution is -2.38. The first-order valence-electron chi connectivity index (χ1n) is 7.22. The van der Waals surface area contributed by atoms with Crippen LogP contribution in [0.25, 0.3) is 5.69 Å². The zero-order valence-electron chi connectivity index (χ0n) is 13.4. The Morgan fingerprint density at radius 3 is 2.61 bits per heavy atom. The van der Waals surface area contributed by atoms with E-state index in [2.05, 4.69) is 10.4 Å². The molecule has 1 unspecified atom stereocenters. The van der Waals surface area contributed by atoms with Crippen LogP contribution in [0.5, 0.6) is 0 Å². The van der Waals surface area contributed by atoms with Crippen molar-refractivity contribution < 1.29 is 4.79 Å². The Hall–Kier alpha value is -2.85. The van der Waals surface area contributed by atoms with Gasteiger partial charge in [-0.3, -0.25) is 4.79 Å². The van der Waals surface area contributed by atoms with Crippen LogP contribution in [0.1, 0.15) is 22.8 Å². The Bertz CT molecular complexity index is 726. The standard InChI is InChI=1S/C16H20N6O/c1-11(21(2)3)9-19-16(23)12-4-6-14(7-5-12)22-15(18)13(8-17)10-20-22/h4-7,10-11H,9,18H2,1-3H3,(H,19,23). The van der Waals surface area contributed by atoms with Crippen molar-refractivity contribution in [2.24, 2.45) is 0 Å². The van der Waals surface area contributed by atoms with Gasteiger partial charge in [0.15, 0.2) is 0 Å². The molecule has 23 heavy (non-hydrogen) atoms. The average Bonchev–Trinajstić information content (AvgIpc) is 2.93. The van der Waals surface area contributed by atoms with E-state index in [0.717, 1.165) is 0 Å². The number of carbonyl (C=O) groups excluding carboxylic acids is 1. The second-order valence-electron chi connectivity index (χ2n) is 5.54. The van der Waals surface area contributed by atoms with Crippen molar-refractivity contribution in [1.82, 2.24) is 20.0 Å². The van der Waals surface area contributed by atoms with Gasteiger partial charge in [0.1, 0.15) is 17.5 Å². The minimum atomic E-state index is -0.128. The summed E-state index contributed by atoms with van der Waals surface area (Å²) in [6.07, 6.45) is 1.42. The number of aromatic nitrogens is 2. The monoisotopic (exact) mass is 312 g/mol. The molecule has 0 bridgehead atoms. The van der Waals surface area contributed by atoms with E-state index < -0.39 is 0 Å². The molecule has 1 amide bonds. The summed E-state index contributed by atoms with van der Waals surface area (Å²) in [6.45, 7) is 2.61. The van der Waals surface area contributed by atoms with Crippen molar-refractivity contribution in [2.45, 2.75) is 13.0 Å². The average molecular weight is 312 g/mol. The molecular weight excluding hydrogens is 292 g/mol. The lowest BCUT2D eigenvalue weighted by Gasteiger charge is -2.20. The molecule has 0 saturated heterocycles. The van der Waals surface area contributed by atoms with Crippen molar-refractivity contribution >= 4 is 11.7 Å². The van der Waals surface area contributed by atoms with Gasteiger partial charge in [0, 0.05) is 18.2 Å². The third kappa shape index (κ3) is 3.67. The number of hydrogen-bond acceptors (Lipinski definition) is 5. The van der Waals surface area contributed by atoms with Gasteiger partial charge in [-0.25, -0.2) is 4.68 Å². The molecule has 3 N–H and O–H groups in total. The maximum Gasteiger partial charge on any atom is 0.251 e. The molecule has 0 saturated carbocycles. The summed E-state index contributed by atoms with van der Waals surface area (Å²) in [5.74, 6) is 0.154. The minimum absolute atomic E-state index is 0.128. The molecule has 1 aromatic carbocycles. The van der Waals surface area contributed by atoms with Crippen LogP contribution in [0, 0.1) is 11.3 Å². The van der Waals surface area contributed by atoms with Gasteiger partial charge in [0.2, 0.25) is 0 Å². The van der Waals surface area contributed by atoms with Crippen LogP contribution in [0.2, 0.25) is 0 Å². The van der Waals surface area contributed by atoms with Crippen molar-refractivity contribution in [2.75, 3.05) is 26.4 Å². The fraction of sp³-hybridized carbons (Fsp3) is 0.312. The third-order valence-corrected chi connectivity index (χ3v) is 3.74. The van der Waals surface area contributed by atoms with Crippen LogP contribution in [0.4, 0.5) is 5.82 Å². The molecule has 2 aromatic rings. The Morgan fingerprint density at radius 1 is 1.43 bits per heavy atom. The largest absolute Gasteiger partial charge is 0.382 e. The smallest absolute Gasteiger partial charge is 0.251 e. The third-order valence-electron chi connectivity index (χ3n) is 3.74. The number of nitrogen functional groups attached to an aromatic ring is 1. The van der Waals surface area contributed by atoms with Crippen LogP contribution in [0.3, 0.4) is 0 Å². The predicted octanol–water partition coefficient (Wildman–Crippen LogP) is 1.01. The highest BCUT2D eigenvalue weighted by Gasteiger charge is 2.11. The highest BCUT2D eigenvalue weighted by molar-refractivity contribution is 5.94. The van der Waals surface area contributed by atoms with E-state index in [1.165, 1.54) is 10.9 Å². The Labute approximate surface area is 135 Å². The maximum atomic E-state index is 12.1. The summed E-state index contributed by atoms with van der Waals surface area (Å²) in [7, 11) is 3.94. The fourth-order valence-electron chi connectivity index (χ4n) is 1.93. The molecule has 0 aliphatic rings. The zero-order chi connectivity index (χ0) is 17.0. The van der Waals surface area contributed by atoms with Crippen LogP contribution in [-0.4, -0.2) is 47.3 Å². The fourth-order valence-corrected chi connectivity index (χ4v) is 1.93. The number of nitriles is 1. The van der Waals surface area contributed by atoms with E-state index in [4.69, 9.17) is 11.0 Å². The molecule has 0 spiro atoms. The van der Waals surface area contributed by atoms with Gasteiger partial charge >= 0.3 is 0 Å². The summed E-state index contributed by atoms with van der Waals surface area (Å²) < 4.78 is 1.47. The van der Waals surface area contributed by atoms with Crippen LogP contribution in [0.15, 0.2) is 30.5 Å². The molecule has 7 nitrogen and oxygen atoms in total. The van der Waals surface area contributed by atoms with Crippen LogP contribution >= 0.6 is 0 Å². The van der Waals surface area contributed by atoms with Gasteiger partial charge < -0.3 is 16.0 Å². The molecular formula is C16H20N6O. The van der Waals surface area contributed by atoms with Crippen LogP contribution < -0.4 is 11.1 Å². The van der Waals surface area contributed by atoms with E-state index in [1.54, 1.807) is 24.3 Å². The number of anilines is 1. The summed E-state index contributed by atoms with van der Waals surface area (Å²) in [6, 6.07) is 9.13. The topological polar surface area (TPSA) is 100.0 Å². The summed E-state index contributed by atoms with van der Waals surface area (Å²) in [5.41, 5.74) is 7.43. The van der Waals surface area contributed by atoms with Crippen molar-refractivity contribution in [3.05, 3.63) is 41.6 Å². The highest BCUT2D eigenvalue weighted by atomic mass is 16.1. The van der Waals surface area contributed by atoms with E-state index >= 15 is 0 Å². The van der Waals surface area contributed by atoms with E-state index in [1.807, 2.05) is 32.0 Å². The number of amides is 1. The first-order valence-corrected chi connectivity index (χ1v) is 7.22. The minimum Gasteiger partial charge on any atom is -0.382 e. The lowest BCUT2D eigenvalue weighted by molar-refractivity contribution is 0.0943. The van der Waals surface area contributed by atoms with Crippen LogP contribution in [-0.2, 0) is 0 Å². The quantitative estimate of drug-likeness (QED) is 0.858. The molecule has 0 fully saturated rings. The first kappa shape index (κ1) is 16.5. The normalized spacial score (nSPS) is 12.0. The van der Waals surface area contributed by atoms with Gasteiger partial charge in [-0.15, -0.1) is 0 Å². The number of nitrogens with one attached hydrogen (secondary N) is 1. The number of hydrogen-bond donors (Lipinski definition) is 2. The SMILES string of the molecule is CC(CNC(=O)c1ccc(-n2ncc(C#N)c2N)cc1)N(C)C. The molecule has 120 valence electrons. The first-order chi connectivity index (χ1) is 10.9. The van der Waals surface area contributed by atoms with Gasteiger partial charge in [-0.2, -0.15) is 10.4 Å². The molecule has 7 heteroatoms.